The van der Waals surface area contributed by atoms with Crippen molar-refractivity contribution in [3.8, 4) is 0 Å². The Morgan fingerprint density at radius 2 is 2.06 bits per heavy atom. The Labute approximate surface area is 104 Å². The number of rotatable bonds is 5. The van der Waals surface area contributed by atoms with Gasteiger partial charge in [-0.1, -0.05) is 12.1 Å². The molecule has 1 aromatic carbocycles. The van der Waals surface area contributed by atoms with Crippen LogP contribution in [0.2, 0.25) is 0 Å². The summed E-state index contributed by atoms with van der Waals surface area (Å²) in [5, 5.41) is 5.20. The topological polar surface area (TPSA) is 71.1 Å². The lowest BCUT2D eigenvalue weighted by Gasteiger charge is -2.04. The Morgan fingerprint density at radius 1 is 1.29 bits per heavy atom. The number of anilines is 1. The van der Waals surface area contributed by atoms with Crippen molar-refractivity contribution in [2.45, 2.75) is 0 Å². The van der Waals surface area contributed by atoms with Crippen molar-refractivity contribution < 1.29 is 8.42 Å². The van der Waals surface area contributed by atoms with Gasteiger partial charge in [-0.05, 0) is 23.7 Å². The van der Waals surface area contributed by atoms with Gasteiger partial charge in [-0.15, -0.1) is 0 Å². The minimum Gasteiger partial charge on any atom is -0.374 e. The van der Waals surface area contributed by atoms with E-state index in [1.807, 2.05) is 24.3 Å². The second-order valence-corrected chi connectivity index (χ2v) is 6.23. The van der Waals surface area contributed by atoms with E-state index in [0.717, 1.165) is 22.2 Å². The number of fused-ring (bicyclic) bond motifs is 1. The van der Waals surface area contributed by atoms with Crippen LogP contribution in [0.25, 0.3) is 10.9 Å². The highest BCUT2D eigenvalue weighted by Gasteiger charge is 2.04. The summed E-state index contributed by atoms with van der Waals surface area (Å²) in [6, 6.07) is 7.84. The van der Waals surface area contributed by atoms with Gasteiger partial charge in [0.05, 0.1) is 11.8 Å². The molecule has 0 aliphatic rings. The Kier molecular flexibility index (Phi) is 3.60. The van der Waals surface area contributed by atoms with Crippen LogP contribution in [0, 0.1) is 0 Å². The van der Waals surface area contributed by atoms with Crippen molar-refractivity contribution >= 4 is 37.5 Å². The number of sulfonamides is 1. The molecule has 2 rings (SSSR count). The summed E-state index contributed by atoms with van der Waals surface area (Å²) in [6.07, 6.45) is 1.15. The maximum Gasteiger partial charge on any atom is 0.208 e. The average Bonchev–Trinajstić information content (AvgIpc) is 2.67. The fourth-order valence-corrected chi connectivity index (χ4v) is 2.69. The van der Waals surface area contributed by atoms with E-state index >= 15 is 0 Å². The number of nitrogens with zero attached hydrogens (tertiary/aromatic N) is 1. The van der Waals surface area contributed by atoms with Crippen LogP contribution in [0.5, 0.6) is 0 Å². The van der Waals surface area contributed by atoms with E-state index in [2.05, 4.69) is 14.4 Å². The lowest BCUT2D eigenvalue weighted by atomic mass is 10.2. The van der Waals surface area contributed by atoms with Crippen molar-refractivity contribution in [1.29, 1.82) is 0 Å². The maximum atomic E-state index is 10.9. The largest absolute Gasteiger partial charge is 0.374 e. The van der Waals surface area contributed by atoms with Gasteiger partial charge in [0.25, 0.3) is 0 Å². The molecule has 5 nitrogen and oxygen atoms in total. The van der Waals surface area contributed by atoms with Crippen molar-refractivity contribution in [2.24, 2.45) is 0 Å². The van der Waals surface area contributed by atoms with Crippen LogP contribution in [-0.4, -0.2) is 32.1 Å². The van der Waals surface area contributed by atoms with E-state index in [1.54, 1.807) is 0 Å². The summed E-state index contributed by atoms with van der Waals surface area (Å²) in [4.78, 5) is 0. The molecule has 0 bridgehead atoms. The van der Waals surface area contributed by atoms with E-state index in [1.165, 1.54) is 11.5 Å². The first-order chi connectivity index (χ1) is 8.06. The first-order valence-electron chi connectivity index (χ1n) is 5.09. The fourth-order valence-electron chi connectivity index (χ4n) is 1.43. The number of nitrogens with one attached hydrogen (secondary N) is 2. The zero-order chi connectivity index (χ0) is 12.3. The predicted octanol–water partition coefficient (Wildman–Crippen LogP) is 1.26. The normalized spacial score (nSPS) is 11.8. The maximum absolute atomic E-state index is 10.9. The highest BCUT2D eigenvalue weighted by Crippen LogP contribution is 2.26. The molecule has 0 amide bonds. The van der Waals surface area contributed by atoms with Crippen LogP contribution < -0.4 is 10.0 Å². The molecule has 1 heterocycles. The molecule has 0 saturated carbocycles. The summed E-state index contributed by atoms with van der Waals surface area (Å²) in [5.41, 5.74) is 0.955. The molecule has 17 heavy (non-hydrogen) atoms. The second kappa shape index (κ2) is 4.99. The highest BCUT2D eigenvalue weighted by molar-refractivity contribution is 7.88. The van der Waals surface area contributed by atoms with Crippen molar-refractivity contribution in [3.63, 3.8) is 0 Å². The molecule has 7 heteroatoms. The Bertz CT molecular complexity index is 607. The standard InChI is InChI=1S/C10H13N3O2S2/c1-17(14,15)12-7-6-11-10-8-4-2-3-5-9(8)13-16-10/h2-5,11-12H,6-7H2,1H3. The molecular formula is C10H13N3O2S2. The highest BCUT2D eigenvalue weighted by atomic mass is 32.2. The third-order valence-electron chi connectivity index (χ3n) is 2.16. The molecular weight excluding hydrogens is 258 g/mol. The number of benzene rings is 1. The first-order valence-corrected chi connectivity index (χ1v) is 7.76. The molecule has 0 aliphatic heterocycles. The predicted molar refractivity (Wildman–Crippen MR) is 71.0 cm³/mol. The molecule has 0 spiro atoms. The zero-order valence-corrected chi connectivity index (χ0v) is 10.9. The van der Waals surface area contributed by atoms with Crippen LogP contribution in [0.1, 0.15) is 0 Å². The number of hydrogen-bond donors (Lipinski definition) is 2. The molecule has 1 aromatic heterocycles. The van der Waals surface area contributed by atoms with Crippen LogP contribution in [0.4, 0.5) is 5.00 Å². The summed E-state index contributed by atoms with van der Waals surface area (Å²) >= 11 is 1.38. The van der Waals surface area contributed by atoms with E-state index in [9.17, 15) is 8.42 Å². The summed E-state index contributed by atoms with van der Waals surface area (Å²) < 4.78 is 28.4. The van der Waals surface area contributed by atoms with Gasteiger partial charge in [-0.3, -0.25) is 0 Å². The minimum atomic E-state index is -3.11. The van der Waals surface area contributed by atoms with Gasteiger partial charge in [0, 0.05) is 18.5 Å². The van der Waals surface area contributed by atoms with Gasteiger partial charge in [-0.25, -0.2) is 13.1 Å². The zero-order valence-electron chi connectivity index (χ0n) is 9.30. The van der Waals surface area contributed by atoms with Gasteiger partial charge in [0.15, 0.2) is 0 Å². The van der Waals surface area contributed by atoms with Gasteiger partial charge in [0.1, 0.15) is 5.00 Å². The quantitative estimate of drug-likeness (QED) is 0.803. The Balaban J connectivity index is 1.96. The monoisotopic (exact) mass is 271 g/mol. The Morgan fingerprint density at radius 3 is 2.82 bits per heavy atom. The lowest BCUT2D eigenvalue weighted by Crippen LogP contribution is -2.27. The fraction of sp³-hybridized carbons (Fsp3) is 0.300. The van der Waals surface area contributed by atoms with E-state index in [-0.39, 0.29) is 0 Å². The lowest BCUT2D eigenvalue weighted by molar-refractivity contribution is 0.589. The molecule has 2 N–H and O–H groups in total. The third-order valence-corrected chi connectivity index (χ3v) is 3.72. The third kappa shape index (κ3) is 3.39. The summed E-state index contributed by atoms with van der Waals surface area (Å²) in [6.45, 7) is 0.907. The number of aromatic nitrogens is 1. The van der Waals surface area contributed by atoms with E-state index in [0.29, 0.717) is 13.1 Å². The van der Waals surface area contributed by atoms with E-state index in [4.69, 9.17) is 0 Å². The second-order valence-electron chi connectivity index (χ2n) is 3.62. The van der Waals surface area contributed by atoms with Gasteiger partial charge >= 0.3 is 0 Å². The molecule has 0 unspecified atom stereocenters. The SMILES string of the molecule is CS(=O)(=O)NCCNc1snc2ccccc12. The van der Waals surface area contributed by atoms with Crippen molar-refractivity contribution in [3.05, 3.63) is 24.3 Å². The van der Waals surface area contributed by atoms with Gasteiger partial charge < -0.3 is 5.32 Å². The Hall–Kier alpha value is -1.18. The number of hydrogen-bond acceptors (Lipinski definition) is 5. The molecule has 0 atom stereocenters. The van der Waals surface area contributed by atoms with Gasteiger partial charge in [-0.2, -0.15) is 4.37 Å². The molecule has 0 fully saturated rings. The minimum absolute atomic E-state index is 0.366. The van der Waals surface area contributed by atoms with Crippen LogP contribution in [0.15, 0.2) is 24.3 Å². The van der Waals surface area contributed by atoms with E-state index < -0.39 is 10.0 Å². The van der Waals surface area contributed by atoms with Crippen LogP contribution in [-0.2, 0) is 10.0 Å². The average molecular weight is 271 g/mol. The van der Waals surface area contributed by atoms with Crippen molar-refractivity contribution in [2.75, 3.05) is 24.7 Å². The smallest absolute Gasteiger partial charge is 0.208 e. The molecule has 0 saturated heterocycles. The summed E-state index contributed by atoms with van der Waals surface area (Å²) in [7, 11) is -3.11. The van der Waals surface area contributed by atoms with Crippen molar-refractivity contribution in [1.82, 2.24) is 9.10 Å². The molecule has 2 aromatic rings. The van der Waals surface area contributed by atoms with Crippen LogP contribution >= 0.6 is 11.5 Å². The summed E-state index contributed by atoms with van der Waals surface area (Å²) in [5.74, 6) is 0. The molecule has 92 valence electrons. The van der Waals surface area contributed by atoms with Gasteiger partial charge in [0.2, 0.25) is 10.0 Å². The van der Waals surface area contributed by atoms with Crippen LogP contribution in [0.3, 0.4) is 0 Å². The molecule has 0 radical (unpaired) electrons. The first kappa shape index (κ1) is 12.3. The molecule has 0 aliphatic carbocycles.